The molecular formula is C28H31F5N6O4. The molecule has 1 aliphatic carbocycles. The smallest absolute Gasteiger partial charge is 0.406 e. The summed E-state index contributed by atoms with van der Waals surface area (Å²) in [7, 11) is 0. The Morgan fingerprint density at radius 1 is 1.14 bits per heavy atom. The highest BCUT2D eigenvalue weighted by Crippen LogP contribution is 2.27. The number of hydrogen-bond acceptors (Lipinski definition) is 6. The van der Waals surface area contributed by atoms with E-state index in [1.807, 2.05) is 0 Å². The molecule has 1 saturated carbocycles. The average Bonchev–Trinajstić information content (AvgIpc) is 3.42. The number of alkyl halides is 4. The van der Waals surface area contributed by atoms with Gasteiger partial charge in [0.25, 0.3) is 11.5 Å². The van der Waals surface area contributed by atoms with Crippen molar-refractivity contribution < 1.29 is 36.3 Å². The maximum absolute atomic E-state index is 14.7. The molecule has 1 unspecified atom stereocenters. The van der Waals surface area contributed by atoms with Crippen molar-refractivity contribution in [1.29, 1.82) is 0 Å². The lowest BCUT2D eigenvalue weighted by molar-refractivity contribution is -0.274. The second kappa shape index (κ2) is 14.2. The van der Waals surface area contributed by atoms with Gasteiger partial charge in [-0.15, -0.1) is 18.3 Å². The molecular weight excluding hydrogens is 579 g/mol. The van der Waals surface area contributed by atoms with Crippen molar-refractivity contribution in [3.8, 4) is 5.75 Å². The Kier molecular flexibility index (Phi) is 10.5. The van der Waals surface area contributed by atoms with E-state index in [0.29, 0.717) is 5.56 Å². The first-order valence-electron chi connectivity index (χ1n) is 13.8. The van der Waals surface area contributed by atoms with E-state index in [-0.39, 0.29) is 55.7 Å². The third kappa shape index (κ3) is 9.61. The molecule has 0 saturated heterocycles. The van der Waals surface area contributed by atoms with Gasteiger partial charge in [0.2, 0.25) is 11.7 Å². The van der Waals surface area contributed by atoms with Crippen molar-refractivity contribution in [2.45, 2.75) is 77.1 Å². The minimum absolute atomic E-state index is 0.124. The summed E-state index contributed by atoms with van der Waals surface area (Å²) in [5.74, 6) is -2.34. The molecule has 3 aromatic rings. The van der Waals surface area contributed by atoms with Crippen molar-refractivity contribution in [2.24, 2.45) is 5.92 Å². The lowest BCUT2D eigenvalue weighted by Gasteiger charge is -2.20. The highest BCUT2D eigenvalue weighted by atomic mass is 19.4. The fraction of sp³-hybridized carbons (Fsp3) is 0.464. The first kappa shape index (κ1) is 31.6. The number of pyridine rings is 1. The van der Waals surface area contributed by atoms with E-state index in [1.54, 1.807) is 0 Å². The zero-order valence-electron chi connectivity index (χ0n) is 23.1. The van der Waals surface area contributed by atoms with E-state index in [4.69, 9.17) is 0 Å². The maximum Gasteiger partial charge on any atom is 0.573 e. The number of nitrogens with one attached hydrogen (secondary N) is 2. The summed E-state index contributed by atoms with van der Waals surface area (Å²) in [5.41, 5.74) is -1.00. The van der Waals surface area contributed by atoms with Gasteiger partial charge in [-0.2, -0.15) is 4.39 Å². The average molecular weight is 611 g/mol. The molecule has 0 spiro atoms. The Morgan fingerprint density at radius 3 is 2.65 bits per heavy atom. The number of aromatic nitrogens is 4. The van der Waals surface area contributed by atoms with Crippen LogP contribution in [0, 0.1) is 11.7 Å². The minimum Gasteiger partial charge on any atom is -0.406 e. The van der Waals surface area contributed by atoms with Crippen LogP contribution in [0.1, 0.15) is 61.0 Å². The van der Waals surface area contributed by atoms with Gasteiger partial charge in [-0.1, -0.05) is 36.6 Å². The summed E-state index contributed by atoms with van der Waals surface area (Å²) in [6.45, 7) is -0.573. The third-order valence-corrected chi connectivity index (χ3v) is 7.00. The van der Waals surface area contributed by atoms with Crippen LogP contribution in [0.3, 0.4) is 0 Å². The molecule has 232 valence electrons. The molecule has 1 atom stereocenters. The summed E-state index contributed by atoms with van der Waals surface area (Å²) in [5, 5.41) is 12.3. The fourth-order valence-electron chi connectivity index (χ4n) is 4.86. The zero-order chi connectivity index (χ0) is 31.0. The number of nitrogens with zero attached hydrogens (tertiary/aromatic N) is 4. The monoisotopic (exact) mass is 610 g/mol. The molecule has 4 rings (SSSR count). The maximum atomic E-state index is 14.7. The van der Waals surface area contributed by atoms with Gasteiger partial charge >= 0.3 is 6.36 Å². The van der Waals surface area contributed by atoms with Crippen molar-refractivity contribution >= 4 is 17.5 Å². The van der Waals surface area contributed by atoms with Gasteiger partial charge in [-0.25, -0.2) is 9.07 Å². The Bertz CT molecular complexity index is 1470. The number of rotatable bonds is 12. The fourth-order valence-corrected chi connectivity index (χ4v) is 4.86. The highest BCUT2D eigenvalue weighted by Gasteiger charge is 2.31. The van der Waals surface area contributed by atoms with Crippen LogP contribution in [0.2, 0.25) is 0 Å². The highest BCUT2D eigenvalue weighted by molar-refractivity contribution is 5.92. The molecule has 0 radical (unpaired) electrons. The molecule has 1 aliphatic rings. The van der Waals surface area contributed by atoms with Gasteiger partial charge in [-0.3, -0.25) is 14.4 Å². The zero-order valence-corrected chi connectivity index (χ0v) is 23.1. The SMILES string of the molecule is O=C(CC1CCCCC1)Nc1ccn(CCC(F)Cn2cc(C(=O)NCc3cccc(OC(F)(F)F)c3)nn2)c(=O)c1F. The third-order valence-electron chi connectivity index (χ3n) is 7.00. The van der Waals surface area contributed by atoms with Crippen LogP contribution in [0.25, 0.3) is 0 Å². The molecule has 10 nitrogen and oxygen atoms in total. The van der Waals surface area contributed by atoms with E-state index in [1.165, 1.54) is 30.6 Å². The van der Waals surface area contributed by atoms with Gasteiger partial charge in [0.1, 0.15) is 11.9 Å². The van der Waals surface area contributed by atoms with Crippen LogP contribution in [-0.4, -0.2) is 43.9 Å². The van der Waals surface area contributed by atoms with Crippen molar-refractivity contribution in [3.05, 3.63) is 70.2 Å². The van der Waals surface area contributed by atoms with E-state index in [0.717, 1.165) is 53.5 Å². The quantitative estimate of drug-likeness (QED) is 0.286. The Labute approximate surface area is 243 Å². The number of carbonyl (C=O) groups is 2. The number of ether oxygens (including phenoxy) is 1. The number of hydrogen-bond donors (Lipinski definition) is 2. The molecule has 43 heavy (non-hydrogen) atoms. The predicted molar refractivity (Wildman–Crippen MR) is 144 cm³/mol. The van der Waals surface area contributed by atoms with Crippen LogP contribution < -0.4 is 20.9 Å². The van der Waals surface area contributed by atoms with E-state index in [9.17, 15) is 36.3 Å². The summed E-state index contributed by atoms with van der Waals surface area (Å²) < 4.78 is 72.5. The number of anilines is 1. The van der Waals surface area contributed by atoms with Gasteiger partial charge in [0.05, 0.1) is 18.4 Å². The molecule has 1 fully saturated rings. The topological polar surface area (TPSA) is 120 Å². The number of amides is 2. The van der Waals surface area contributed by atoms with Crippen molar-refractivity contribution in [1.82, 2.24) is 24.9 Å². The van der Waals surface area contributed by atoms with E-state index in [2.05, 4.69) is 25.7 Å². The molecule has 1 aromatic carbocycles. The van der Waals surface area contributed by atoms with Crippen LogP contribution in [0.5, 0.6) is 5.75 Å². The van der Waals surface area contributed by atoms with Crippen LogP contribution in [0.15, 0.2) is 47.5 Å². The lowest BCUT2D eigenvalue weighted by Crippen LogP contribution is -2.27. The number of carbonyl (C=O) groups excluding carboxylic acids is 2. The summed E-state index contributed by atoms with van der Waals surface area (Å²) in [4.78, 5) is 37.1. The van der Waals surface area contributed by atoms with E-state index >= 15 is 0 Å². The largest absolute Gasteiger partial charge is 0.573 e. The summed E-state index contributed by atoms with van der Waals surface area (Å²) in [6, 6.07) is 6.35. The Hall–Kier alpha value is -4.30. The molecule has 0 bridgehead atoms. The first-order valence-corrected chi connectivity index (χ1v) is 13.8. The van der Waals surface area contributed by atoms with Gasteiger partial charge < -0.3 is 19.9 Å². The molecule has 15 heteroatoms. The molecule has 2 N–H and O–H groups in total. The molecule has 2 amide bonds. The molecule has 0 aliphatic heterocycles. The van der Waals surface area contributed by atoms with Crippen LogP contribution in [-0.2, 0) is 24.4 Å². The lowest BCUT2D eigenvalue weighted by atomic mass is 9.87. The summed E-state index contributed by atoms with van der Waals surface area (Å²) >= 11 is 0. The van der Waals surface area contributed by atoms with Crippen LogP contribution >= 0.6 is 0 Å². The normalized spacial score (nSPS) is 14.7. The number of halogens is 5. The first-order chi connectivity index (χ1) is 20.5. The Balaban J connectivity index is 1.24. The van der Waals surface area contributed by atoms with Crippen molar-refractivity contribution in [2.75, 3.05) is 5.32 Å². The Morgan fingerprint density at radius 2 is 1.91 bits per heavy atom. The number of aryl methyl sites for hydroxylation is 1. The van der Waals surface area contributed by atoms with Gasteiger partial charge in [0.15, 0.2) is 5.69 Å². The van der Waals surface area contributed by atoms with Crippen molar-refractivity contribution in [3.63, 3.8) is 0 Å². The predicted octanol–water partition coefficient (Wildman–Crippen LogP) is 4.74. The second-order valence-corrected chi connectivity index (χ2v) is 10.4. The van der Waals surface area contributed by atoms with E-state index < -0.39 is 35.6 Å². The molecule has 2 aromatic heterocycles. The minimum atomic E-state index is -4.85. The standard InChI is InChI=1S/C28H31F5N6O4/c29-20(9-11-38-12-10-22(25(30)27(38)42)35-24(40)14-18-5-2-1-3-6-18)16-39-17-23(36-37-39)26(41)34-15-19-7-4-8-21(13-19)43-28(31,32)33/h4,7-8,10,12-13,17-18,20H,1-3,5-6,9,11,14-16H2,(H,34,41)(H,35,40). The van der Waals surface area contributed by atoms with Gasteiger partial charge in [0, 0.05) is 25.7 Å². The van der Waals surface area contributed by atoms with Gasteiger partial charge in [-0.05, 0) is 48.9 Å². The van der Waals surface area contributed by atoms with Crippen LogP contribution in [0.4, 0.5) is 27.6 Å². The molecule has 2 heterocycles. The second-order valence-electron chi connectivity index (χ2n) is 10.4. The number of benzene rings is 1. The summed E-state index contributed by atoms with van der Waals surface area (Å²) in [6.07, 6.45) is 1.38.